The summed E-state index contributed by atoms with van der Waals surface area (Å²) in [5.74, 6) is -0.119. The maximum absolute atomic E-state index is 12.4. The number of nitrogens with zero attached hydrogens (tertiary/aromatic N) is 1. The molecule has 5 nitrogen and oxygen atoms in total. The van der Waals surface area contributed by atoms with Crippen molar-refractivity contribution in [2.75, 3.05) is 7.11 Å². The molecule has 0 aliphatic carbocycles. The lowest BCUT2D eigenvalue weighted by Gasteiger charge is -2.10. The highest BCUT2D eigenvalue weighted by Crippen LogP contribution is 2.29. The summed E-state index contributed by atoms with van der Waals surface area (Å²) < 4.78 is 51.9. The predicted molar refractivity (Wildman–Crippen MR) is 51.9 cm³/mol. The van der Waals surface area contributed by atoms with E-state index in [0.29, 0.717) is 0 Å². The van der Waals surface area contributed by atoms with Crippen molar-refractivity contribution in [1.29, 1.82) is 0 Å². The Morgan fingerprint density at radius 3 is 2.44 bits per heavy atom. The van der Waals surface area contributed by atoms with E-state index in [1.54, 1.807) is 0 Å². The lowest BCUT2D eigenvalue weighted by atomic mass is 10.2. The molecule has 16 heavy (non-hydrogen) atoms. The maximum atomic E-state index is 12.4. The summed E-state index contributed by atoms with van der Waals surface area (Å²) in [5.41, 5.74) is -0.417. The minimum Gasteiger partial charge on any atom is -0.493 e. The molecule has 0 spiro atoms. The number of alkyl halides is 2. The molecule has 8 heteroatoms. The molecule has 0 saturated heterocycles. The highest BCUT2D eigenvalue weighted by Gasteiger charge is 2.22. The number of rotatable bonds is 3. The Labute approximate surface area is 91.3 Å². The monoisotopic (exact) mass is 252 g/mol. The Kier molecular flexibility index (Phi) is 3.44. The predicted octanol–water partition coefficient (Wildman–Crippen LogP) is 0.984. The normalized spacial score (nSPS) is 11.9. The summed E-state index contributed by atoms with van der Waals surface area (Å²) in [4.78, 5) is 3.29. The third-order valence-electron chi connectivity index (χ3n) is 1.84. The van der Waals surface area contributed by atoms with E-state index in [2.05, 4.69) is 4.98 Å². The van der Waals surface area contributed by atoms with E-state index in [1.165, 1.54) is 14.0 Å². The van der Waals surface area contributed by atoms with Gasteiger partial charge in [0, 0.05) is 0 Å². The van der Waals surface area contributed by atoms with Crippen molar-refractivity contribution < 1.29 is 21.9 Å². The van der Waals surface area contributed by atoms with Crippen molar-refractivity contribution in [1.82, 2.24) is 4.98 Å². The van der Waals surface area contributed by atoms with Gasteiger partial charge in [0.05, 0.1) is 7.11 Å². The number of ether oxygens (including phenoxy) is 1. The van der Waals surface area contributed by atoms with E-state index < -0.39 is 27.2 Å². The summed E-state index contributed by atoms with van der Waals surface area (Å²) in [6, 6.07) is 1.05. The summed E-state index contributed by atoms with van der Waals surface area (Å²) in [6.45, 7) is 1.43. The van der Waals surface area contributed by atoms with Gasteiger partial charge in [0.15, 0.2) is 5.75 Å². The second kappa shape index (κ2) is 4.30. The number of pyridine rings is 1. The summed E-state index contributed by atoms with van der Waals surface area (Å²) in [5, 5.41) is 4.18. The lowest BCUT2D eigenvalue weighted by molar-refractivity contribution is 0.145. The number of hydrogen-bond acceptors (Lipinski definition) is 4. The van der Waals surface area contributed by atoms with Crippen LogP contribution in [0.1, 0.15) is 17.7 Å². The van der Waals surface area contributed by atoms with E-state index in [4.69, 9.17) is 9.88 Å². The Hall–Kier alpha value is -1.28. The van der Waals surface area contributed by atoms with Crippen molar-refractivity contribution in [3.63, 3.8) is 0 Å². The molecule has 1 aromatic rings. The molecule has 0 atom stereocenters. The van der Waals surface area contributed by atoms with Crippen molar-refractivity contribution in [3.8, 4) is 5.75 Å². The minimum absolute atomic E-state index is 0.119. The van der Waals surface area contributed by atoms with Gasteiger partial charge in [0.25, 0.3) is 16.4 Å². The standard InChI is InChI=1S/C8H10F2N2O3S/c1-4-3-5(7(9)10)12-8(6(4)15-2)16(11,13)14/h3,7H,1-2H3,(H2,11,13,14). The van der Waals surface area contributed by atoms with Gasteiger partial charge in [-0.1, -0.05) is 0 Å². The second-order valence-electron chi connectivity index (χ2n) is 3.05. The van der Waals surface area contributed by atoms with Gasteiger partial charge in [-0.05, 0) is 18.6 Å². The molecule has 0 aliphatic rings. The first-order chi connectivity index (χ1) is 7.27. The van der Waals surface area contributed by atoms with Crippen LogP contribution in [-0.4, -0.2) is 20.5 Å². The van der Waals surface area contributed by atoms with Gasteiger partial charge in [-0.25, -0.2) is 27.3 Å². The quantitative estimate of drug-likeness (QED) is 0.869. The zero-order valence-electron chi connectivity index (χ0n) is 8.57. The third-order valence-corrected chi connectivity index (χ3v) is 2.66. The highest BCUT2D eigenvalue weighted by molar-refractivity contribution is 7.89. The average molecular weight is 252 g/mol. The van der Waals surface area contributed by atoms with Gasteiger partial charge in [-0.3, -0.25) is 0 Å². The van der Waals surface area contributed by atoms with Gasteiger partial charge < -0.3 is 4.74 Å². The average Bonchev–Trinajstić information content (AvgIpc) is 2.14. The number of methoxy groups -OCH3 is 1. The summed E-state index contributed by atoms with van der Waals surface area (Å²) >= 11 is 0. The molecule has 0 bridgehead atoms. The van der Waals surface area contributed by atoms with Gasteiger partial charge in [-0.2, -0.15) is 0 Å². The van der Waals surface area contributed by atoms with Crippen molar-refractivity contribution in [3.05, 3.63) is 17.3 Å². The Bertz CT molecular complexity index is 502. The number of sulfonamides is 1. The molecule has 0 radical (unpaired) electrons. The van der Waals surface area contributed by atoms with Crippen molar-refractivity contribution in [2.24, 2.45) is 5.14 Å². The Morgan fingerprint density at radius 1 is 1.50 bits per heavy atom. The fourth-order valence-electron chi connectivity index (χ4n) is 1.21. The van der Waals surface area contributed by atoms with Crippen LogP contribution in [0.5, 0.6) is 5.75 Å². The Morgan fingerprint density at radius 2 is 2.06 bits per heavy atom. The number of aromatic nitrogens is 1. The largest absolute Gasteiger partial charge is 0.493 e. The molecule has 0 fully saturated rings. The van der Waals surface area contributed by atoms with Crippen LogP contribution in [-0.2, 0) is 10.0 Å². The number of primary sulfonamides is 1. The van der Waals surface area contributed by atoms with Crippen LogP contribution < -0.4 is 9.88 Å². The highest BCUT2D eigenvalue weighted by atomic mass is 32.2. The molecule has 0 aromatic carbocycles. The molecular formula is C8H10F2N2O3S. The van der Waals surface area contributed by atoms with Gasteiger partial charge in [0.1, 0.15) is 5.69 Å². The van der Waals surface area contributed by atoms with E-state index in [-0.39, 0.29) is 11.3 Å². The second-order valence-corrected chi connectivity index (χ2v) is 4.52. The van der Waals surface area contributed by atoms with Gasteiger partial charge in [-0.15, -0.1) is 0 Å². The molecule has 0 unspecified atom stereocenters. The number of aryl methyl sites for hydroxylation is 1. The van der Waals surface area contributed by atoms with Crippen LogP contribution in [0.25, 0.3) is 0 Å². The molecule has 90 valence electrons. The lowest BCUT2D eigenvalue weighted by Crippen LogP contribution is -2.17. The first-order valence-corrected chi connectivity index (χ1v) is 5.68. The smallest absolute Gasteiger partial charge is 0.280 e. The SMILES string of the molecule is COc1c(C)cc(C(F)F)nc1S(N)(=O)=O. The van der Waals surface area contributed by atoms with Gasteiger partial charge in [0.2, 0.25) is 5.03 Å². The molecule has 0 aliphatic heterocycles. The van der Waals surface area contributed by atoms with E-state index in [1.807, 2.05) is 0 Å². The molecular weight excluding hydrogens is 242 g/mol. The fraction of sp³-hybridized carbons (Fsp3) is 0.375. The number of hydrogen-bond donors (Lipinski definition) is 1. The van der Waals surface area contributed by atoms with Crippen LogP contribution in [0.15, 0.2) is 11.1 Å². The summed E-state index contributed by atoms with van der Waals surface area (Å²) in [6.07, 6.45) is -2.87. The minimum atomic E-state index is -4.19. The first-order valence-electron chi connectivity index (χ1n) is 4.14. The van der Waals surface area contributed by atoms with Crippen molar-refractivity contribution >= 4 is 10.0 Å². The van der Waals surface area contributed by atoms with Crippen LogP contribution in [0, 0.1) is 6.92 Å². The topological polar surface area (TPSA) is 82.3 Å². The van der Waals surface area contributed by atoms with E-state index >= 15 is 0 Å². The number of halogens is 2. The first kappa shape index (κ1) is 12.8. The van der Waals surface area contributed by atoms with Crippen LogP contribution in [0.4, 0.5) is 8.78 Å². The van der Waals surface area contributed by atoms with Crippen molar-refractivity contribution in [2.45, 2.75) is 18.4 Å². The zero-order valence-corrected chi connectivity index (χ0v) is 9.38. The van der Waals surface area contributed by atoms with Crippen LogP contribution in [0.2, 0.25) is 0 Å². The fourth-order valence-corrected chi connectivity index (χ4v) is 1.94. The third kappa shape index (κ3) is 2.45. The van der Waals surface area contributed by atoms with Gasteiger partial charge >= 0.3 is 0 Å². The summed E-state index contributed by atoms with van der Waals surface area (Å²) in [7, 11) is -2.98. The zero-order chi connectivity index (χ0) is 12.5. The number of nitrogens with two attached hydrogens (primary N) is 1. The molecule has 2 N–H and O–H groups in total. The van der Waals surface area contributed by atoms with Crippen LogP contribution in [0.3, 0.4) is 0 Å². The molecule has 0 saturated carbocycles. The maximum Gasteiger partial charge on any atom is 0.280 e. The van der Waals surface area contributed by atoms with E-state index in [9.17, 15) is 17.2 Å². The Balaban J connectivity index is 3.56. The van der Waals surface area contributed by atoms with Crippen LogP contribution >= 0.6 is 0 Å². The molecule has 1 aromatic heterocycles. The molecule has 1 heterocycles. The van der Waals surface area contributed by atoms with E-state index in [0.717, 1.165) is 6.07 Å². The molecule has 0 amide bonds. The molecule has 1 rings (SSSR count).